The van der Waals surface area contributed by atoms with Gasteiger partial charge in [0.25, 0.3) is 10.1 Å². The Kier molecular flexibility index (Phi) is 4.75. The molecule has 2 rings (SSSR count). The zero-order valence-corrected chi connectivity index (χ0v) is 12.8. The largest absolute Gasteiger partial charge is 0.294 e. The van der Waals surface area contributed by atoms with Gasteiger partial charge in [0.15, 0.2) is 0 Å². The summed E-state index contributed by atoms with van der Waals surface area (Å²) in [5, 5.41) is 0. The predicted octanol–water partition coefficient (Wildman–Crippen LogP) is 4.22. The van der Waals surface area contributed by atoms with E-state index in [1.54, 1.807) is 24.3 Å². The van der Waals surface area contributed by atoms with Crippen molar-refractivity contribution in [2.24, 2.45) is 0 Å². The highest BCUT2D eigenvalue weighted by Crippen LogP contribution is 2.28. The van der Waals surface area contributed by atoms with Crippen molar-refractivity contribution in [3.63, 3.8) is 0 Å². The van der Waals surface area contributed by atoms with Crippen LogP contribution < -0.4 is 0 Å². The van der Waals surface area contributed by atoms with Crippen LogP contribution in [0.25, 0.3) is 11.1 Å². The van der Waals surface area contributed by atoms with Crippen molar-refractivity contribution in [3.05, 3.63) is 91.0 Å². The van der Waals surface area contributed by atoms with E-state index in [9.17, 15) is 8.42 Å². The highest BCUT2D eigenvalue weighted by Gasteiger charge is 2.11. The first-order chi connectivity index (χ1) is 10.5. The van der Waals surface area contributed by atoms with Crippen LogP contribution in [0.5, 0.6) is 0 Å². The molecule has 0 fully saturated rings. The van der Waals surface area contributed by atoms with Crippen molar-refractivity contribution in [2.75, 3.05) is 0 Å². The zero-order chi connectivity index (χ0) is 16.2. The van der Waals surface area contributed by atoms with Crippen molar-refractivity contribution in [2.45, 2.75) is 4.90 Å². The summed E-state index contributed by atoms with van der Waals surface area (Å²) >= 11 is 0. The maximum Gasteiger partial charge on any atom is 0.294 e. The lowest BCUT2D eigenvalue weighted by Gasteiger charge is -2.10. The Morgan fingerprint density at radius 3 is 1.68 bits per heavy atom. The van der Waals surface area contributed by atoms with Gasteiger partial charge in [-0.3, -0.25) is 4.55 Å². The highest BCUT2D eigenvalue weighted by molar-refractivity contribution is 7.85. The lowest BCUT2D eigenvalue weighted by Crippen LogP contribution is -1.98. The summed E-state index contributed by atoms with van der Waals surface area (Å²) in [4.78, 5) is -0.139. The van der Waals surface area contributed by atoms with Crippen LogP contribution in [0.4, 0.5) is 0 Å². The van der Waals surface area contributed by atoms with E-state index in [0.29, 0.717) is 0 Å². The molecule has 1 N–H and O–H groups in total. The van der Waals surface area contributed by atoms with Gasteiger partial charge in [0.2, 0.25) is 0 Å². The summed E-state index contributed by atoms with van der Waals surface area (Å²) in [6, 6.07) is 15.7. The average Bonchev–Trinajstić information content (AvgIpc) is 2.52. The van der Waals surface area contributed by atoms with Crippen LogP contribution in [-0.2, 0) is 10.1 Å². The third kappa shape index (κ3) is 3.42. The quantitative estimate of drug-likeness (QED) is 0.511. The third-order valence-corrected chi connectivity index (χ3v) is 4.11. The van der Waals surface area contributed by atoms with E-state index in [1.807, 2.05) is 30.3 Å². The summed E-state index contributed by atoms with van der Waals surface area (Å²) < 4.78 is 31.2. The fourth-order valence-corrected chi connectivity index (χ4v) is 2.67. The third-order valence-electron chi connectivity index (χ3n) is 3.25. The van der Waals surface area contributed by atoms with E-state index in [0.717, 1.165) is 22.3 Å². The second kappa shape index (κ2) is 6.56. The van der Waals surface area contributed by atoms with Crippen molar-refractivity contribution >= 4 is 21.3 Å². The van der Waals surface area contributed by atoms with Crippen molar-refractivity contribution in [1.82, 2.24) is 0 Å². The van der Waals surface area contributed by atoms with Gasteiger partial charge in [-0.15, -0.1) is 0 Å². The Hall–Kier alpha value is -2.43. The van der Waals surface area contributed by atoms with Crippen LogP contribution in [0.3, 0.4) is 0 Å². The van der Waals surface area contributed by atoms with Gasteiger partial charge < -0.3 is 0 Å². The van der Waals surface area contributed by atoms with Gasteiger partial charge in [-0.05, 0) is 34.4 Å². The number of benzene rings is 2. The molecule has 0 aliphatic rings. The summed E-state index contributed by atoms with van der Waals surface area (Å²) in [5.41, 5.74) is 3.52. The maximum atomic E-state index is 11.1. The molecule has 0 atom stereocenters. The predicted molar refractivity (Wildman–Crippen MR) is 89.9 cm³/mol. The monoisotopic (exact) mass is 312 g/mol. The van der Waals surface area contributed by atoms with Gasteiger partial charge in [0, 0.05) is 0 Å². The molecule has 0 saturated carbocycles. The molecule has 0 heterocycles. The molecule has 0 spiro atoms. The molecule has 2 aromatic rings. The second-order valence-corrected chi connectivity index (χ2v) is 6.02. The minimum atomic E-state index is -4.19. The fraction of sp³-hybridized carbons (Fsp3) is 0. The molecule has 0 aliphatic heterocycles. The summed E-state index contributed by atoms with van der Waals surface area (Å²) in [5.74, 6) is 0. The van der Waals surface area contributed by atoms with Gasteiger partial charge >= 0.3 is 0 Å². The highest BCUT2D eigenvalue weighted by atomic mass is 32.2. The fourth-order valence-electron chi connectivity index (χ4n) is 2.19. The Bertz CT molecular complexity index is 814. The molecule has 0 bridgehead atoms. The van der Waals surface area contributed by atoms with Crippen LogP contribution in [0, 0.1) is 0 Å². The smallest absolute Gasteiger partial charge is 0.282 e. The molecule has 22 heavy (non-hydrogen) atoms. The van der Waals surface area contributed by atoms with Crippen LogP contribution in [-0.4, -0.2) is 13.0 Å². The summed E-state index contributed by atoms with van der Waals surface area (Å²) in [6.07, 6.45) is 3.44. The van der Waals surface area contributed by atoms with Crippen LogP contribution >= 0.6 is 0 Å². The topological polar surface area (TPSA) is 54.4 Å². The van der Waals surface area contributed by atoms with Crippen LogP contribution in [0.1, 0.15) is 11.1 Å². The molecule has 0 aliphatic carbocycles. The standard InChI is InChI=1S/C18H16O3S/c1-3-17(14-8-6-5-7-9-14)18(4-2)15-10-12-16(13-11-15)22(19,20)21/h3-13H,1-2H2,(H,19,20,21). The number of hydrogen-bond acceptors (Lipinski definition) is 2. The Balaban J connectivity index is 2.58. The van der Waals surface area contributed by atoms with Gasteiger partial charge in [0.1, 0.15) is 0 Å². The first-order valence-electron chi connectivity index (χ1n) is 6.60. The minimum Gasteiger partial charge on any atom is -0.282 e. The van der Waals surface area contributed by atoms with Gasteiger partial charge in [-0.2, -0.15) is 8.42 Å². The minimum absolute atomic E-state index is 0.139. The molecule has 0 amide bonds. The van der Waals surface area contributed by atoms with Crippen LogP contribution in [0.15, 0.2) is 84.8 Å². The van der Waals surface area contributed by atoms with E-state index in [4.69, 9.17) is 4.55 Å². The maximum absolute atomic E-state index is 11.1. The Morgan fingerprint density at radius 2 is 1.27 bits per heavy atom. The average molecular weight is 312 g/mol. The molecule has 0 unspecified atom stereocenters. The van der Waals surface area contributed by atoms with Gasteiger partial charge in [0.05, 0.1) is 4.90 Å². The molecule has 4 heteroatoms. The van der Waals surface area contributed by atoms with E-state index in [2.05, 4.69) is 13.2 Å². The normalized spacial score (nSPS) is 12.4. The van der Waals surface area contributed by atoms with Gasteiger partial charge in [-0.1, -0.05) is 67.8 Å². The van der Waals surface area contributed by atoms with Crippen molar-refractivity contribution in [1.29, 1.82) is 0 Å². The first-order valence-corrected chi connectivity index (χ1v) is 8.04. The summed E-state index contributed by atoms with van der Waals surface area (Å²) in [6.45, 7) is 7.68. The molecule has 112 valence electrons. The number of hydrogen-bond donors (Lipinski definition) is 1. The SMILES string of the molecule is C=CC(=C(C=C)c1ccc(S(=O)(=O)O)cc1)c1ccccc1. The lowest BCUT2D eigenvalue weighted by atomic mass is 9.95. The molecular formula is C18H16O3S. The summed E-state index contributed by atoms with van der Waals surface area (Å²) in [7, 11) is -4.19. The Morgan fingerprint density at radius 1 is 0.818 bits per heavy atom. The number of allylic oxidation sites excluding steroid dienone is 4. The van der Waals surface area contributed by atoms with Crippen molar-refractivity contribution < 1.29 is 13.0 Å². The number of rotatable bonds is 5. The molecule has 3 nitrogen and oxygen atoms in total. The molecule has 0 aromatic heterocycles. The van der Waals surface area contributed by atoms with Crippen LogP contribution in [0.2, 0.25) is 0 Å². The Labute approximate surface area is 130 Å². The molecule has 0 radical (unpaired) electrons. The van der Waals surface area contributed by atoms with E-state index in [1.165, 1.54) is 12.1 Å². The van der Waals surface area contributed by atoms with Gasteiger partial charge in [-0.25, -0.2) is 0 Å². The zero-order valence-electron chi connectivity index (χ0n) is 11.9. The molecule has 2 aromatic carbocycles. The van der Waals surface area contributed by atoms with E-state index >= 15 is 0 Å². The van der Waals surface area contributed by atoms with Crippen molar-refractivity contribution in [3.8, 4) is 0 Å². The first kappa shape index (κ1) is 15.9. The molecule has 0 saturated heterocycles. The lowest BCUT2D eigenvalue weighted by molar-refractivity contribution is 0.483. The van der Waals surface area contributed by atoms with E-state index in [-0.39, 0.29) is 4.90 Å². The van der Waals surface area contributed by atoms with E-state index < -0.39 is 10.1 Å². The molecular weight excluding hydrogens is 296 g/mol. The second-order valence-electron chi connectivity index (χ2n) is 4.60.